The smallest absolute Gasteiger partial charge is 0.342 e. The molecule has 1 unspecified atom stereocenters. The average Bonchev–Trinajstić information content (AvgIpc) is 1.97. The minimum absolute atomic E-state index is 0.0602. The fourth-order valence-corrected chi connectivity index (χ4v) is 1.08. The molecule has 3 nitrogen and oxygen atoms in total. The Balaban J connectivity index is 2.74. The maximum Gasteiger partial charge on any atom is 0.342 e. The molecule has 0 spiro atoms. The molecule has 0 saturated carbocycles. The van der Waals surface area contributed by atoms with E-state index in [1.54, 1.807) is 0 Å². The number of aliphatic hydroxyl groups is 1. The number of quaternary nitrogens is 1. The fourth-order valence-electron chi connectivity index (χ4n) is 1.08. The van der Waals surface area contributed by atoms with Crippen molar-refractivity contribution in [3.63, 3.8) is 0 Å². The van der Waals surface area contributed by atoms with Gasteiger partial charge in [-0.05, 0) is 0 Å². The molecule has 1 aliphatic heterocycles. The molecule has 1 saturated heterocycles. The molecule has 1 fully saturated rings. The standard InChI is InChI=1S/C6H12NO2/c1-7(2)4-3-5(8)6(7)9/h5,8H,3-4H2,1-2H3/q+1. The lowest BCUT2D eigenvalue weighted by Crippen LogP contribution is -2.43. The van der Waals surface area contributed by atoms with Crippen molar-refractivity contribution in [3.05, 3.63) is 0 Å². The van der Waals surface area contributed by atoms with Crippen molar-refractivity contribution in [3.8, 4) is 0 Å². The van der Waals surface area contributed by atoms with Crippen LogP contribution in [0.3, 0.4) is 0 Å². The molecule has 0 aromatic heterocycles. The third kappa shape index (κ3) is 0.976. The third-order valence-corrected chi connectivity index (χ3v) is 1.84. The van der Waals surface area contributed by atoms with Crippen molar-refractivity contribution < 1.29 is 14.4 Å². The molecule has 52 valence electrons. The summed E-state index contributed by atoms with van der Waals surface area (Å²) < 4.78 is 0.334. The summed E-state index contributed by atoms with van der Waals surface area (Å²) in [6.07, 6.45) is -0.0914. The van der Waals surface area contributed by atoms with E-state index in [0.717, 1.165) is 6.54 Å². The van der Waals surface area contributed by atoms with Gasteiger partial charge in [-0.25, -0.2) is 4.79 Å². The molecule has 0 radical (unpaired) electrons. The van der Waals surface area contributed by atoms with E-state index in [-0.39, 0.29) is 5.91 Å². The monoisotopic (exact) mass is 130 g/mol. The Morgan fingerprint density at radius 2 is 2.22 bits per heavy atom. The van der Waals surface area contributed by atoms with Crippen molar-refractivity contribution in [1.82, 2.24) is 0 Å². The van der Waals surface area contributed by atoms with Gasteiger partial charge in [0.1, 0.15) is 0 Å². The van der Waals surface area contributed by atoms with Crippen LogP contribution in [0, 0.1) is 0 Å². The van der Waals surface area contributed by atoms with Crippen molar-refractivity contribution >= 4 is 5.91 Å². The summed E-state index contributed by atoms with van der Waals surface area (Å²) in [5.41, 5.74) is 0. The number of likely N-dealkylation sites (tertiary alicyclic amines) is 1. The van der Waals surface area contributed by atoms with Crippen LogP contribution in [0.1, 0.15) is 6.42 Å². The van der Waals surface area contributed by atoms with Gasteiger partial charge in [0.25, 0.3) is 0 Å². The van der Waals surface area contributed by atoms with E-state index < -0.39 is 6.10 Å². The zero-order valence-electron chi connectivity index (χ0n) is 5.79. The number of hydrogen-bond acceptors (Lipinski definition) is 2. The highest BCUT2D eigenvalue weighted by atomic mass is 16.3. The van der Waals surface area contributed by atoms with Crippen molar-refractivity contribution in [2.24, 2.45) is 0 Å². The quantitative estimate of drug-likeness (QED) is 0.443. The molecule has 0 aromatic carbocycles. The summed E-state index contributed by atoms with van der Waals surface area (Å²) in [6.45, 7) is 0.764. The summed E-state index contributed by atoms with van der Waals surface area (Å²) in [6, 6.07) is 0. The molecule has 1 aliphatic rings. The van der Waals surface area contributed by atoms with Crippen LogP contribution >= 0.6 is 0 Å². The molecule has 0 aliphatic carbocycles. The maximum atomic E-state index is 10.9. The first-order valence-corrected chi connectivity index (χ1v) is 3.09. The molecule has 1 heterocycles. The predicted octanol–water partition coefficient (Wildman–Crippen LogP) is -0.646. The molecule has 0 bridgehead atoms. The Hall–Kier alpha value is -0.410. The van der Waals surface area contributed by atoms with Crippen LogP contribution in [0.2, 0.25) is 0 Å². The third-order valence-electron chi connectivity index (χ3n) is 1.84. The summed E-state index contributed by atoms with van der Waals surface area (Å²) in [4.78, 5) is 10.9. The molecule has 0 aromatic rings. The van der Waals surface area contributed by atoms with Gasteiger partial charge in [0.05, 0.1) is 20.6 Å². The summed E-state index contributed by atoms with van der Waals surface area (Å²) in [5.74, 6) is -0.0602. The Kier molecular flexibility index (Phi) is 1.33. The topological polar surface area (TPSA) is 37.3 Å². The number of amides is 1. The average molecular weight is 130 g/mol. The van der Waals surface area contributed by atoms with Crippen molar-refractivity contribution in [1.29, 1.82) is 0 Å². The highest BCUT2D eigenvalue weighted by Crippen LogP contribution is 2.14. The number of aliphatic hydroxyl groups excluding tert-OH is 1. The second-order valence-electron chi connectivity index (χ2n) is 3.05. The van der Waals surface area contributed by atoms with Crippen molar-refractivity contribution in [2.75, 3.05) is 20.6 Å². The lowest BCUT2D eigenvalue weighted by Gasteiger charge is -2.18. The van der Waals surface area contributed by atoms with Gasteiger partial charge in [-0.15, -0.1) is 0 Å². The zero-order valence-corrected chi connectivity index (χ0v) is 5.79. The summed E-state index contributed by atoms with van der Waals surface area (Å²) in [5, 5.41) is 8.97. The molecular weight excluding hydrogens is 118 g/mol. The van der Waals surface area contributed by atoms with E-state index in [4.69, 9.17) is 5.11 Å². The Labute approximate surface area is 54.5 Å². The summed E-state index contributed by atoms with van der Waals surface area (Å²) in [7, 11) is 3.64. The Morgan fingerprint density at radius 1 is 1.67 bits per heavy atom. The number of rotatable bonds is 0. The second kappa shape index (κ2) is 1.78. The zero-order chi connectivity index (χ0) is 7.07. The number of hydrogen-bond donors (Lipinski definition) is 1. The number of carbonyl (C=O) groups is 1. The first-order chi connectivity index (χ1) is 4.04. The highest BCUT2D eigenvalue weighted by Gasteiger charge is 2.40. The SMILES string of the molecule is C[N+]1(C)CCC(O)C1=O. The lowest BCUT2D eigenvalue weighted by atomic mass is 10.3. The van der Waals surface area contributed by atoms with Crippen LogP contribution in [0.15, 0.2) is 0 Å². The first-order valence-electron chi connectivity index (χ1n) is 3.09. The van der Waals surface area contributed by atoms with Crippen LogP contribution in [0.5, 0.6) is 0 Å². The van der Waals surface area contributed by atoms with Crippen LogP contribution in [-0.4, -0.2) is 42.2 Å². The molecular formula is C6H12NO2+. The molecule has 1 rings (SSSR count). The molecule has 1 N–H and O–H groups in total. The van der Waals surface area contributed by atoms with Gasteiger partial charge in [0.15, 0.2) is 6.10 Å². The van der Waals surface area contributed by atoms with Crippen LogP contribution in [0.25, 0.3) is 0 Å². The molecule has 9 heavy (non-hydrogen) atoms. The van der Waals surface area contributed by atoms with Gasteiger partial charge in [0.2, 0.25) is 0 Å². The number of likely N-dealkylation sites (N-methyl/N-ethyl adjacent to an activating group) is 1. The predicted molar refractivity (Wildman–Crippen MR) is 32.6 cm³/mol. The molecule has 1 amide bonds. The number of carbonyl (C=O) groups excluding carboxylic acids is 1. The van der Waals surface area contributed by atoms with E-state index in [1.807, 2.05) is 14.1 Å². The number of nitrogens with zero attached hydrogens (tertiary/aromatic N) is 1. The maximum absolute atomic E-state index is 10.9. The first kappa shape index (κ1) is 6.71. The van der Waals surface area contributed by atoms with Crippen LogP contribution in [0.4, 0.5) is 0 Å². The van der Waals surface area contributed by atoms with E-state index in [1.165, 1.54) is 0 Å². The molecule has 3 heteroatoms. The van der Waals surface area contributed by atoms with E-state index in [0.29, 0.717) is 10.9 Å². The fraction of sp³-hybridized carbons (Fsp3) is 0.833. The molecule has 1 atom stereocenters. The van der Waals surface area contributed by atoms with E-state index in [2.05, 4.69) is 0 Å². The summed E-state index contributed by atoms with van der Waals surface area (Å²) >= 11 is 0. The second-order valence-corrected chi connectivity index (χ2v) is 3.05. The normalized spacial score (nSPS) is 33.2. The largest absolute Gasteiger partial charge is 0.379 e. The van der Waals surface area contributed by atoms with Gasteiger partial charge in [-0.1, -0.05) is 0 Å². The van der Waals surface area contributed by atoms with Crippen molar-refractivity contribution in [2.45, 2.75) is 12.5 Å². The van der Waals surface area contributed by atoms with Gasteiger partial charge >= 0.3 is 5.91 Å². The van der Waals surface area contributed by atoms with Gasteiger partial charge < -0.3 is 5.11 Å². The Bertz CT molecular complexity index is 142. The van der Waals surface area contributed by atoms with Crippen LogP contribution in [-0.2, 0) is 4.79 Å². The highest BCUT2D eigenvalue weighted by molar-refractivity contribution is 5.75. The minimum atomic E-state index is -0.708. The lowest BCUT2D eigenvalue weighted by molar-refractivity contribution is -0.805. The minimum Gasteiger partial charge on any atom is -0.379 e. The van der Waals surface area contributed by atoms with Gasteiger partial charge in [-0.3, -0.25) is 4.48 Å². The van der Waals surface area contributed by atoms with E-state index >= 15 is 0 Å². The van der Waals surface area contributed by atoms with Crippen LogP contribution < -0.4 is 0 Å². The van der Waals surface area contributed by atoms with Gasteiger partial charge in [0, 0.05) is 6.42 Å². The van der Waals surface area contributed by atoms with E-state index in [9.17, 15) is 4.79 Å². The Morgan fingerprint density at radius 3 is 2.33 bits per heavy atom. The van der Waals surface area contributed by atoms with Gasteiger partial charge in [-0.2, -0.15) is 0 Å².